The van der Waals surface area contributed by atoms with Crippen LogP contribution in [0.5, 0.6) is 5.88 Å². The molecule has 19 heavy (non-hydrogen) atoms. The first-order valence-electron chi connectivity index (χ1n) is 6.16. The number of carbonyl (C=O) groups is 1. The molecular weight excluding hydrogens is 310 g/mol. The predicted octanol–water partition coefficient (Wildman–Crippen LogP) is 2.66. The molecule has 0 unspecified atom stereocenters. The summed E-state index contributed by atoms with van der Waals surface area (Å²) in [5, 5.41) is 3.80. The number of pyridine rings is 1. The Kier molecular flexibility index (Phi) is 6.62. The third kappa shape index (κ3) is 4.70. The van der Waals surface area contributed by atoms with Gasteiger partial charge in [-0.1, -0.05) is 15.9 Å². The lowest BCUT2D eigenvalue weighted by atomic mass is 10.2. The Morgan fingerprint density at radius 2 is 2.21 bits per heavy atom. The Balaban J connectivity index is 2.83. The molecule has 0 aliphatic heterocycles. The molecule has 1 N–H and O–H groups in total. The largest absolute Gasteiger partial charge is 0.479 e. The maximum absolute atomic E-state index is 11.9. The SMILES string of the molecule is COc1nccc(N(C)C)c1NC(=O)CCCCBr. The van der Waals surface area contributed by atoms with E-state index in [-0.39, 0.29) is 5.91 Å². The number of rotatable bonds is 7. The van der Waals surface area contributed by atoms with E-state index in [9.17, 15) is 4.79 Å². The normalized spacial score (nSPS) is 10.1. The lowest BCUT2D eigenvalue weighted by molar-refractivity contribution is -0.116. The first kappa shape index (κ1) is 15.8. The highest BCUT2D eigenvalue weighted by Gasteiger charge is 2.14. The number of amides is 1. The van der Waals surface area contributed by atoms with E-state index in [0.29, 0.717) is 18.0 Å². The van der Waals surface area contributed by atoms with Crippen molar-refractivity contribution in [2.24, 2.45) is 0 Å². The summed E-state index contributed by atoms with van der Waals surface area (Å²) in [6, 6.07) is 1.84. The van der Waals surface area contributed by atoms with E-state index in [1.165, 1.54) is 0 Å². The first-order chi connectivity index (χ1) is 9.10. The fourth-order valence-electron chi connectivity index (χ4n) is 1.66. The maximum Gasteiger partial charge on any atom is 0.239 e. The van der Waals surface area contributed by atoms with Gasteiger partial charge in [0.1, 0.15) is 5.69 Å². The molecule has 0 aromatic carbocycles. The number of anilines is 2. The summed E-state index contributed by atoms with van der Waals surface area (Å²) in [4.78, 5) is 17.9. The molecule has 0 atom stereocenters. The van der Waals surface area contributed by atoms with Crippen molar-refractivity contribution in [3.63, 3.8) is 0 Å². The molecule has 1 heterocycles. The lowest BCUT2D eigenvalue weighted by Gasteiger charge is -2.19. The lowest BCUT2D eigenvalue weighted by Crippen LogP contribution is -2.17. The van der Waals surface area contributed by atoms with Crippen LogP contribution in [0, 0.1) is 0 Å². The number of nitrogens with one attached hydrogen (secondary N) is 1. The predicted molar refractivity (Wildman–Crippen MR) is 81.4 cm³/mol. The number of hydrogen-bond acceptors (Lipinski definition) is 4. The number of alkyl halides is 1. The van der Waals surface area contributed by atoms with Crippen molar-refractivity contribution in [2.75, 3.05) is 36.8 Å². The van der Waals surface area contributed by atoms with Crippen LogP contribution < -0.4 is 15.0 Å². The second-order valence-corrected chi connectivity index (χ2v) is 5.10. The summed E-state index contributed by atoms with van der Waals surface area (Å²) < 4.78 is 5.20. The molecule has 0 saturated heterocycles. The average molecular weight is 330 g/mol. The van der Waals surface area contributed by atoms with Gasteiger partial charge in [0.15, 0.2) is 0 Å². The van der Waals surface area contributed by atoms with Gasteiger partial charge in [-0.3, -0.25) is 4.79 Å². The molecule has 1 aromatic heterocycles. The van der Waals surface area contributed by atoms with Crippen LogP contribution in [0.4, 0.5) is 11.4 Å². The number of carbonyl (C=O) groups excluding carboxylic acids is 1. The number of unbranched alkanes of at least 4 members (excludes halogenated alkanes) is 1. The standard InChI is InChI=1S/C13H20BrN3O2/c1-17(2)10-7-9-15-13(19-3)12(10)16-11(18)6-4-5-8-14/h7,9H,4-6,8H2,1-3H3,(H,16,18). The molecule has 0 saturated carbocycles. The molecule has 5 nitrogen and oxygen atoms in total. The zero-order valence-electron chi connectivity index (χ0n) is 11.6. The molecule has 0 spiro atoms. The van der Waals surface area contributed by atoms with Gasteiger partial charge in [0.2, 0.25) is 11.8 Å². The van der Waals surface area contributed by atoms with Crippen LogP contribution in [-0.4, -0.2) is 37.4 Å². The van der Waals surface area contributed by atoms with Crippen LogP contribution in [0.1, 0.15) is 19.3 Å². The molecule has 0 bridgehead atoms. The van der Waals surface area contributed by atoms with E-state index in [1.54, 1.807) is 13.3 Å². The van der Waals surface area contributed by atoms with Crippen LogP contribution in [0.3, 0.4) is 0 Å². The number of ether oxygens (including phenoxy) is 1. The molecule has 0 aliphatic carbocycles. The number of aromatic nitrogens is 1. The Bertz CT molecular complexity index is 424. The van der Waals surface area contributed by atoms with Crippen molar-refractivity contribution in [3.8, 4) is 5.88 Å². The Morgan fingerprint density at radius 3 is 2.79 bits per heavy atom. The zero-order chi connectivity index (χ0) is 14.3. The van der Waals surface area contributed by atoms with Crippen LogP contribution in [-0.2, 0) is 4.79 Å². The highest BCUT2D eigenvalue weighted by Crippen LogP contribution is 2.32. The van der Waals surface area contributed by atoms with Crippen LogP contribution >= 0.6 is 15.9 Å². The average Bonchev–Trinajstić information content (AvgIpc) is 2.39. The van der Waals surface area contributed by atoms with E-state index < -0.39 is 0 Å². The minimum atomic E-state index is -0.0182. The van der Waals surface area contributed by atoms with Gasteiger partial charge in [0, 0.05) is 32.0 Å². The van der Waals surface area contributed by atoms with E-state index in [4.69, 9.17) is 4.74 Å². The van der Waals surface area contributed by atoms with Crippen molar-refractivity contribution in [1.82, 2.24) is 4.98 Å². The monoisotopic (exact) mass is 329 g/mol. The number of nitrogens with zero attached hydrogens (tertiary/aromatic N) is 2. The Hall–Kier alpha value is -1.30. The van der Waals surface area contributed by atoms with Crippen LogP contribution in [0.2, 0.25) is 0 Å². The first-order valence-corrected chi connectivity index (χ1v) is 7.28. The van der Waals surface area contributed by atoms with E-state index in [2.05, 4.69) is 26.2 Å². The van der Waals surface area contributed by atoms with Gasteiger partial charge in [-0.15, -0.1) is 0 Å². The molecule has 0 fully saturated rings. The van der Waals surface area contributed by atoms with E-state index in [0.717, 1.165) is 23.9 Å². The number of hydrogen-bond donors (Lipinski definition) is 1. The van der Waals surface area contributed by atoms with Gasteiger partial charge in [-0.2, -0.15) is 0 Å². The number of halogens is 1. The van der Waals surface area contributed by atoms with Crippen molar-refractivity contribution in [1.29, 1.82) is 0 Å². The summed E-state index contributed by atoms with van der Waals surface area (Å²) in [6.07, 6.45) is 4.00. The van der Waals surface area contributed by atoms with Gasteiger partial charge in [-0.05, 0) is 18.9 Å². The Labute approximate surface area is 122 Å². The second kappa shape index (κ2) is 7.99. The van der Waals surface area contributed by atoms with E-state index in [1.807, 2.05) is 25.1 Å². The van der Waals surface area contributed by atoms with Crippen molar-refractivity contribution < 1.29 is 9.53 Å². The molecule has 6 heteroatoms. The molecule has 0 radical (unpaired) electrons. The Morgan fingerprint density at radius 1 is 1.47 bits per heavy atom. The van der Waals surface area contributed by atoms with E-state index >= 15 is 0 Å². The minimum absolute atomic E-state index is 0.0182. The summed E-state index contributed by atoms with van der Waals surface area (Å²) in [6.45, 7) is 0. The third-order valence-corrected chi connectivity index (χ3v) is 3.18. The molecule has 1 aromatic rings. The summed E-state index contributed by atoms with van der Waals surface area (Å²) in [5.41, 5.74) is 1.50. The fraction of sp³-hybridized carbons (Fsp3) is 0.538. The smallest absolute Gasteiger partial charge is 0.239 e. The van der Waals surface area contributed by atoms with Gasteiger partial charge in [0.25, 0.3) is 0 Å². The van der Waals surface area contributed by atoms with Gasteiger partial charge in [0.05, 0.1) is 12.8 Å². The van der Waals surface area contributed by atoms with Gasteiger partial charge >= 0.3 is 0 Å². The van der Waals surface area contributed by atoms with Crippen molar-refractivity contribution in [3.05, 3.63) is 12.3 Å². The molecule has 0 aliphatic rings. The van der Waals surface area contributed by atoms with Gasteiger partial charge in [-0.25, -0.2) is 4.98 Å². The summed E-state index contributed by atoms with van der Waals surface area (Å²) >= 11 is 3.35. The summed E-state index contributed by atoms with van der Waals surface area (Å²) in [5.74, 6) is 0.412. The summed E-state index contributed by atoms with van der Waals surface area (Å²) in [7, 11) is 5.37. The van der Waals surface area contributed by atoms with Crippen LogP contribution in [0.15, 0.2) is 12.3 Å². The molecule has 1 rings (SSSR count). The zero-order valence-corrected chi connectivity index (χ0v) is 13.2. The van der Waals surface area contributed by atoms with Crippen molar-refractivity contribution >= 4 is 33.2 Å². The molecule has 1 amide bonds. The quantitative estimate of drug-likeness (QED) is 0.617. The van der Waals surface area contributed by atoms with Crippen molar-refractivity contribution in [2.45, 2.75) is 19.3 Å². The number of methoxy groups -OCH3 is 1. The minimum Gasteiger partial charge on any atom is -0.479 e. The van der Waals surface area contributed by atoms with Crippen LogP contribution in [0.25, 0.3) is 0 Å². The highest BCUT2D eigenvalue weighted by atomic mass is 79.9. The fourth-order valence-corrected chi connectivity index (χ4v) is 2.06. The second-order valence-electron chi connectivity index (χ2n) is 4.30. The van der Waals surface area contributed by atoms with Gasteiger partial charge < -0.3 is 15.0 Å². The highest BCUT2D eigenvalue weighted by molar-refractivity contribution is 9.09. The maximum atomic E-state index is 11.9. The molecule has 106 valence electrons. The molecular formula is C13H20BrN3O2. The topological polar surface area (TPSA) is 54.5 Å². The third-order valence-electron chi connectivity index (χ3n) is 2.62.